The van der Waals surface area contributed by atoms with Gasteiger partial charge in [0, 0.05) is 44.3 Å². The molecule has 186 valence electrons. The van der Waals surface area contributed by atoms with Crippen molar-refractivity contribution in [2.45, 2.75) is 64.1 Å². The van der Waals surface area contributed by atoms with Crippen LogP contribution in [0.15, 0.2) is 42.5 Å². The molecule has 3 aliphatic rings. The van der Waals surface area contributed by atoms with Crippen LogP contribution in [0.1, 0.15) is 66.1 Å². The van der Waals surface area contributed by atoms with Crippen molar-refractivity contribution in [3.63, 3.8) is 0 Å². The largest absolute Gasteiger partial charge is 0.496 e. The molecule has 0 bridgehead atoms. The number of piperidine rings is 1. The van der Waals surface area contributed by atoms with Crippen LogP contribution in [0.3, 0.4) is 0 Å². The summed E-state index contributed by atoms with van der Waals surface area (Å²) in [5, 5.41) is 0. The smallest absolute Gasteiger partial charge is 0.254 e. The van der Waals surface area contributed by atoms with Gasteiger partial charge in [0.1, 0.15) is 5.75 Å². The molecule has 2 amide bonds. The number of hydrogen-bond donors (Lipinski definition) is 0. The second-order valence-electron chi connectivity index (χ2n) is 10.7. The normalized spacial score (nSPS) is 21.7. The highest BCUT2D eigenvalue weighted by molar-refractivity contribution is 6.02. The third-order valence-corrected chi connectivity index (χ3v) is 8.27. The summed E-state index contributed by atoms with van der Waals surface area (Å²) in [6.07, 6.45) is 2.64. The Morgan fingerprint density at radius 1 is 1.09 bits per heavy atom. The average molecular weight is 476 g/mol. The first-order valence-corrected chi connectivity index (χ1v) is 12.9. The second kappa shape index (κ2) is 9.30. The van der Waals surface area contributed by atoms with Gasteiger partial charge < -0.3 is 14.5 Å². The standard InChI is InChI=1S/C29H37N3O3/c1-20(2)32-27(33)24-9-6-5-8-23(24)26(28(34)31-14-7-15-31)29(32)12-16-30(17-13-29)19-22-11-10-21(3)25(18-22)35-4/h5-6,8-11,18,20,26H,7,12-17,19H2,1-4H3. The monoisotopic (exact) mass is 475 g/mol. The molecule has 3 heterocycles. The number of benzene rings is 2. The Morgan fingerprint density at radius 3 is 2.43 bits per heavy atom. The summed E-state index contributed by atoms with van der Waals surface area (Å²) >= 11 is 0. The molecule has 3 aliphatic heterocycles. The predicted octanol–water partition coefficient (Wildman–Crippen LogP) is 4.22. The lowest BCUT2D eigenvalue weighted by Crippen LogP contribution is -2.67. The Kier molecular flexibility index (Phi) is 6.34. The summed E-state index contributed by atoms with van der Waals surface area (Å²) in [7, 11) is 1.71. The van der Waals surface area contributed by atoms with Gasteiger partial charge in [-0.05, 0) is 68.9 Å². The molecular formula is C29H37N3O3. The van der Waals surface area contributed by atoms with Crippen molar-refractivity contribution >= 4 is 11.8 Å². The lowest BCUT2D eigenvalue weighted by molar-refractivity contribution is -0.142. The Labute approximate surface area is 208 Å². The van der Waals surface area contributed by atoms with Crippen molar-refractivity contribution < 1.29 is 14.3 Å². The Morgan fingerprint density at radius 2 is 1.80 bits per heavy atom. The van der Waals surface area contributed by atoms with Gasteiger partial charge in [0.15, 0.2) is 0 Å². The van der Waals surface area contributed by atoms with E-state index < -0.39 is 5.54 Å². The maximum Gasteiger partial charge on any atom is 0.254 e. The molecule has 6 nitrogen and oxygen atoms in total. The zero-order valence-electron chi connectivity index (χ0n) is 21.4. The van der Waals surface area contributed by atoms with Gasteiger partial charge in [0.05, 0.1) is 18.6 Å². The minimum Gasteiger partial charge on any atom is -0.496 e. The number of aryl methyl sites for hydroxylation is 1. The molecule has 6 heteroatoms. The summed E-state index contributed by atoms with van der Waals surface area (Å²) in [4.78, 5) is 34.2. The van der Waals surface area contributed by atoms with Crippen LogP contribution in [0, 0.1) is 6.92 Å². The van der Waals surface area contributed by atoms with Crippen molar-refractivity contribution in [2.75, 3.05) is 33.3 Å². The topological polar surface area (TPSA) is 53.1 Å². The van der Waals surface area contributed by atoms with Crippen LogP contribution in [0.5, 0.6) is 5.75 Å². The number of hydrogen-bond acceptors (Lipinski definition) is 4. The summed E-state index contributed by atoms with van der Waals surface area (Å²) in [5.74, 6) is 0.871. The van der Waals surface area contributed by atoms with Gasteiger partial charge >= 0.3 is 0 Å². The van der Waals surface area contributed by atoms with E-state index in [4.69, 9.17) is 4.74 Å². The highest BCUT2D eigenvalue weighted by Crippen LogP contribution is 2.49. The van der Waals surface area contributed by atoms with Gasteiger partial charge in [0.2, 0.25) is 5.91 Å². The van der Waals surface area contributed by atoms with Crippen LogP contribution in [0.2, 0.25) is 0 Å². The number of fused-ring (bicyclic) bond motifs is 1. The molecule has 2 fully saturated rings. The molecule has 2 aromatic rings. The molecule has 2 saturated heterocycles. The van der Waals surface area contributed by atoms with Crippen LogP contribution in [-0.2, 0) is 11.3 Å². The number of ether oxygens (including phenoxy) is 1. The van der Waals surface area contributed by atoms with E-state index in [2.05, 4.69) is 48.8 Å². The van der Waals surface area contributed by atoms with E-state index in [1.165, 1.54) is 5.56 Å². The number of methoxy groups -OCH3 is 1. The molecule has 1 atom stereocenters. The highest BCUT2D eigenvalue weighted by atomic mass is 16.5. The van der Waals surface area contributed by atoms with Crippen molar-refractivity contribution in [3.05, 3.63) is 64.7 Å². The van der Waals surface area contributed by atoms with Gasteiger partial charge in [-0.15, -0.1) is 0 Å². The third-order valence-electron chi connectivity index (χ3n) is 8.27. The molecule has 1 spiro atoms. The van der Waals surface area contributed by atoms with Crippen molar-refractivity contribution in [1.82, 2.24) is 14.7 Å². The minimum atomic E-state index is -0.492. The summed E-state index contributed by atoms with van der Waals surface area (Å²) in [6.45, 7) is 10.4. The van der Waals surface area contributed by atoms with E-state index in [1.807, 2.05) is 29.2 Å². The van der Waals surface area contributed by atoms with Crippen LogP contribution in [0.25, 0.3) is 0 Å². The van der Waals surface area contributed by atoms with E-state index in [0.29, 0.717) is 5.56 Å². The molecule has 2 aromatic carbocycles. The Balaban J connectivity index is 1.47. The predicted molar refractivity (Wildman–Crippen MR) is 137 cm³/mol. The van der Waals surface area contributed by atoms with Crippen molar-refractivity contribution in [2.24, 2.45) is 0 Å². The highest BCUT2D eigenvalue weighted by Gasteiger charge is 2.57. The number of rotatable bonds is 5. The molecule has 0 N–H and O–H groups in total. The summed E-state index contributed by atoms with van der Waals surface area (Å²) < 4.78 is 5.52. The van der Waals surface area contributed by atoms with E-state index in [1.54, 1.807) is 7.11 Å². The average Bonchev–Trinajstić information content (AvgIpc) is 2.80. The molecular weight excluding hydrogens is 438 g/mol. The number of carbonyl (C=O) groups excluding carboxylic acids is 2. The number of amides is 2. The SMILES string of the molecule is COc1cc(CN2CCC3(CC2)C(C(=O)N2CCC2)c2ccccc2C(=O)N3C(C)C)ccc1C. The van der Waals surface area contributed by atoms with E-state index in [9.17, 15) is 9.59 Å². The first-order valence-electron chi connectivity index (χ1n) is 12.9. The van der Waals surface area contributed by atoms with Crippen LogP contribution < -0.4 is 4.74 Å². The van der Waals surface area contributed by atoms with Crippen LogP contribution >= 0.6 is 0 Å². The Hall–Kier alpha value is -2.86. The first-order chi connectivity index (χ1) is 16.9. The molecule has 0 saturated carbocycles. The van der Waals surface area contributed by atoms with E-state index in [-0.39, 0.29) is 23.8 Å². The lowest BCUT2D eigenvalue weighted by Gasteiger charge is -2.57. The summed E-state index contributed by atoms with van der Waals surface area (Å²) in [5.41, 5.74) is 3.48. The fourth-order valence-corrected chi connectivity index (χ4v) is 6.38. The number of nitrogens with zero attached hydrogens (tertiary/aromatic N) is 3. The van der Waals surface area contributed by atoms with Crippen molar-refractivity contribution in [1.29, 1.82) is 0 Å². The zero-order chi connectivity index (χ0) is 24.7. The van der Waals surface area contributed by atoms with Crippen LogP contribution in [0.4, 0.5) is 0 Å². The molecule has 0 aromatic heterocycles. The molecule has 1 unspecified atom stereocenters. The fourth-order valence-electron chi connectivity index (χ4n) is 6.38. The van der Waals surface area contributed by atoms with Gasteiger partial charge in [-0.1, -0.05) is 30.3 Å². The lowest BCUT2D eigenvalue weighted by atomic mass is 9.66. The number of carbonyl (C=O) groups is 2. The third kappa shape index (κ3) is 4.02. The van der Waals surface area contributed by atoms with E-state index in [0.717, 1.165) is 68.9 Å². The molecule has 0 radical (unpaired) electrons. The van der Waals surface area contributed by atoms with Gasteiger partial charge in [-0.3, -0.25) is 14.5 Å². The maximum atomic E-state index is 13.9. The first kappa shape index (κ1) is 23.9. The summed E-state index contributed by atoms with van der Waals surface area (Å²) in [6, 6.07) is 14.2. The van der Waals surface area contributed by atoms with Crippen LogP contribution in [-0.4, -0.2) is 71.4 Å². The van der Waals surface area contributed by atoms with Gasteiger partial charge in [0.25, 0.3) is 5.91 Å². The number of likely N-dealkylation sites (tertiary alicyclic amines) is 2. The Bertz CT molecular complexity index is 1120. The molecule has 35 heavy (non-hydrogen) atoms. The van der Waals surface area contributed by atoms with Gasteiger partial charge in [-0.2, -0.15) is 0 Å². The minimum absolute atomic E-state index is 0.0236. The van der Waals surface area contributed by atoms with E-state index >= 15 is 0 Å². The zero-order valence-corrected chi connectivity index (χ0v) is 21.4. The molecule has 5 rings (SSSR count). The fraction of sp³-hybridized carbons (Fsp3) is 0.517. The maximum absolute atomic E-state index is 13.9. The second-order valence-corrected chi connectivity index (χ2v) is 10.7. The van der Waals surface area contributed by atoms with Gasteiger partial charge in [-0.25, -0.2) is 0 Å². The molecule has 0 aliphatic carbocycles. The van der Waals surface area contributed by atoms with Crippen molar-refractivity contribution in [3.8, 4) is 5.75 Å². The quantitative estimate of drug-likeness (QED) is 0.650.